The van der Waals surface area contributed by atoms with Crippen LogP contribution in [0.1, 0.15) is 6.42 Å². The lowest BCUT2D eigenvalue weighted by atomic mass is 10.3. The molecule has 0 aliphatic carbocycles. The van der Waals surface area contributed by atoms with Crippen molar-refractivity contribution in [1.82, 2.24) is 4.31 Å². The largest absolute Gasteiger partial charge is 0.456 e. The molecule has 0 atom stereocenters. The van der Waals surface area contributed by atoms with Gasteiger partial charge in [-0.25, -0.2) is 8.42 Å². The SMILES string of the molecule is O=C(COC(=O)CCSc1ccccc1Cl)Nc1ccc(S(=O)(=O)N2CCOCC2)cc1. The van der Waals surface area contributed by atoms with E-state index in [2.05, 4.69) is 5.32 Å². The highest BCUT2D eigenvalue weighted by Crippen LogP contribution is 2.27. The summed E-state index contributed by atoms with van der Waals surface area (Å²) in [6.07, 6.45) is 0.136. The second-order valence-electron chi connectivity index (χ2n) is 6.78. The number of benzene rings is 2. The first-order chi connectivity index (χ1) is 15.4. The minimum absolute atomic E-state index is 0.136. The summed E-state index contributed by atoms with van der Waals surface area (Å²) in [5.74, 6) is -0.531. The number of amides is 1. The van der Waals surface area contributed by atoms with Gasteiger partial charge in [0.2, 0.25) is 10.0 Å². The third-order valence-electron chi connectivity index (χ3n) is 4.51. The van der Waals surface area contributed by atoms with Crippen molar-refractivity contribution in [3.05, 3.63) is 53.6 Å². The zero-order valence-electron chi connectivity index (χ0n) is 17.2. The van der Waals surface area contributed by atoms with Crippen molar-refractivity contribution in [1.29, 1.82) is 0 Å². The molecule has 0 aromatic heterocycles. The summed E-state index contributed by atoms with van der Waals surface area (Å²) < 4.78 is 36.8. The van der Waals surface area contributed by atoms with Crippen LogP contribution in [0.15, 0.2) is 58.3 Å². The maximum absolute atomic E-state index is 12.6. The zero-order chi connectivity index (χ0) is 23.0. The van der Waals surface area contributed by atoms with Crippen LogP contribution < -0.4 is 5.32 Å². The van der Waals surface area contributed by atoms with Crippen molar-refractivity contribution >= 4 is 50.9 Å². The molecule has 0 radical (unpaired) electrons. The number of carbonyl (C=O) groups is 2. The number of nitrogens with one attached hydrogen (secondary N) is 1. The number of ether oxygens (including phenoxy) is 2. The highest BCUT2D eigenvalue weighted by atomic mass is 35.5. The Labute approximate surface area is 196 Å². The van der Waals surface area contributed by atoms with Gasteiger partial charge in [0.25, 0.3) is 5.91 Å². The Morgan fingerprint density at radius 2 is 1.78 bits per heavy atom. The summed E-state index contributed by atoms with van der Waals surface area (Å²) >= 11 is 7.50. The quantitative estimate of drug-likeness (QED) is 0.418. The number of hydrogen-bond acceptors (Lipinski definition) is 7. The smallest absolute Gasteiger partial charge is 0.307 e. The van der Waals surface area contributed by atoms with Crippen LogP contribution >= 0.6 is 23.4 Å². The van der Waals surface area contributed by atoms with Crippen LogP contribution in [-0.4, -0.2) is 63.3 Å². The normalized spacial score (nSPS) is 14.7. The van der Waals surface area contributed by atoms with E-state index in [0.717, 1.165) is 4.90 Å². The van der Waals surface area contributed by atoms with Gasteiger partial charge in [0.1, 0.15) is 0 Å². The Morgan fingerprint density at radius 1 is 1.09 bits per heavy atom. The minimum atomic E-state index is -3.60. The van der Waals surface area contributed by atoms with E-state index in [1.807, 2.05) is 18.2 Å². The van der Waals surface area contributed by atoms with Gasteiger partial charge < -0.3 is 14.8 Å². The molecular weight excluding hydrogens is 476 g/mol. The maximum Gasteiger partial charge on any atom is 0.307 e. The van der Waals surface area contributed by atoms with Gasteiger partial charge in [0.05, 0.1) is 29.6 Å². The Kier molecular flexibility index (Phi) is 8.94. The molecule has 1 fully saturated rings. The molecule has 1 saturated heterocycles. The standard InChI is InChI=1S/C21H23ClN2O6S2/c22-18-3-1-2-4-19(18)31-14-9-21(26)30-15-20(25)23-16-5-7-17(8-6-16)32(27,28)24-10-12-29-13-11-24/h1-8H,9-15H2,(H,23,25). The third-order valence-corrected chi connectivity index (χ3v) is 7.94. The molecule has 1 aliphatic heterocycles. The number of halogens is 1. The lowest BCUT2D eigenvalue weighted by molar-refractivity contribution is -0.146. The van der Waals surface area contributed by atoms with E-state index in [9.17, 15) is 18.0 Å². The molecule has 0 unspecified atom stereocenters. The van der Waals surface area contributed by atoms with Crippen LogP contribution in [-0.2, 0) is 29.1 Å². The Hall–Kier alpha value is -2.11. The van der Waals surface area contributed by atoms with Gasteiger partial charge in [-0.05, 0) is 36.4 Å². The van der Waals surface area contributed by atoms with Crippen molar-refractivity contribution in [2.24, 2.45) is 0 Å². The number of thioether (sulfide) groups is 1. The number of hydrogen-bond donors (Lipinski definition) is 1. The summed E-state index contributed by atoms with van der Waals surface area (Å²) in [4.78, 5) is 24.9. The fourth-order valence-corrected chi connectivity index (χ4v) is 5.44. The minimum Gasteiger partial charge on any atom is -0.456 e. The van der Waals surface area contributed by atoms with Crippen LogP contribution in [0.4, 0.5) is 5.69 Å². The van der Waals surface area contributed by atoms with E-state index in [0.29, 0.717) is 42.8 Å². The molecule has 2 aromatic rings. The predicted molar refractivity (Wildman–Crippen MR) is 122 cm³/mol. The summed E-state index contributed by atoms with van der Waals surface area (Å²) in [5.41, 5.74) is 0.404. The Balaban J connectivity index is 1.41. The van der Waals surface area contributed by atoms with Crippen molar-refractivity contribution in [2.45, 2.75) is 16.2 Å². The van der Waals surface area contributed by atoms with Gasteiger partial charge >= 0.3 is 5.97 Å². The second-order valence-corrected chi connectivity index (χ2v) is 10.3. The average Bonchev–Trinajstić information content (AvgIpc) is 2.80. The molecule has 0 saturated carbocycles. The predicted octanol–water partition coefficient (Wildman–Crippen LogP) is 3.03. The molecule has 3 rings (SSSR count). The molecule has 1 amide bonds. The van der Waals surface area contributed by atoms with Crippen LogP contribution in [0.5, 0.6) is 0 Å². The lowest BCUT2D eigenvalue weighted by Gasteiger charge is -2.26. The van der Waals surface area contributed by atoms with Crippen LogP contribution in [0, 0.1) is 0 Å². The summed E-state index contributed by atoms with van der Waals surface area (Å²) in [6, 6.07) is 13.2. The van der Waals surface area contributed by atoms with Crippen molar-refractivity contribution in [3.63, 3.8) is 0 Å². The molecule has 8 nitrogen and oxygen atoms in total. The van der Waals surface area contributed by atoms with E-state index in [1.165, 1.54) is 40.3 Å². The topological polar surface area (TPSA) is 102 Å². The molecular formula is C21H23ClN2O6S2. The van der Waals surface area contributed by atoms with Gasteiger partial charge in [-0.15, -0.1) is 11.8 Å². The van der Waals surface area contributed by atoms with E-state index in [4.69, 9.17) is 21.1 Å². The van der Waals surface area contributed by atoms with Crippen molar-refractivity contribution < 1.29 is 27.5 Å². The number of sulfonamides is 1. The van der Waals surface area contributed by atoms with Gasteiger partial charge in [-0.3, -0.25) is 9.59 Å². The molecule has 32 heavy (non-hydrogen) atoms. The van der Waals surface area contributed by atoms with Gasteiger partial charge in [0.15, 0.2) is 6.61 Å². The van der Waals surface area contributed by atoms with Gasteiger partial charge in [-0.2, -0.15) is 4.31 Å². The molecule has 1 heterocycles. The summed E-state index contributed by atoms with van der Waals surface area (Å²) in [7, 11) is -3.60. The molecule has 172 valence electrons. The first-order valence-corrected chi connectivity index (χ1v) is 12.7. The maximum atomic E-state index is 12.6. The highest BCUT2D eigenvalue weighted by Gasteiger charge is 2.26. The first-order valence-electron chi connectivity index (χ1n) is 9.87. The van der Waals surface area contributed by atoms with Gasteiger partial charge in [-0.1, -0.05) is 23.7 Å². The Morgan fingerprint density at radius 3 is 2.47 bits per heavy atom. The fourth-order valence-electron chi connectivity index (χ4n) is 2.87. The average molecular weight is 499 g/mol. The summed E-state index contributed by atoms with van der Waals surface area (Å²) in [6.45, 7) is 0.922. The number of morpholine rings is 1. The van der Waals surface area contributed by atoms with E-state index in [1.54, 1.807) is 6.07 Å². The van der Waals surface area contributed by atoms with Crippen molar-refractivity contribution in [3.8, 4) is 0 Å². The number of nitrogens with zero attached hydrogens (tertiary/aromatic N) is 1. The number of carbonyl (C=O) groups excluding carboxylic acids is 2. The second kappa shape index (κ2) is 11.7. The van der Waals surface area contributed by atoms with E-state index >= 15 is 0 Å². The Bertz CT molecular complexity index is 1040. The van der Waals surface area contributed by atoms with Crippen LogP contribution in [0.25, 0.3) is 0 Å². The van der Waals surface area contributed by atoms with E-state index < -0.39 is 28.5 Å². The van der Waals surface area contributed by atoms with Crippen LogP contribution in [0.3, 0.4) is 0 Å². The molecule has 2 aromatic carbocycles. The van der Waals surface area contributed by atoms with Crippen LogP contribution in [0.2, 0.25) is 5.02 Å². The lowest BCUT2D eigenvalue weighted by Crippen LogP contribution is -2.40. The van der Waals surface area contributed by atoms with E-state index in [-0.39, 0.29) is 11.3 Å². The molecule has 11 heteroatoms. The van der Waals surface area contributed by atoms with Crippen molar-refractivity contribution in [2.75, 3.05) is 44.0 Å². The fraction of sp³-hybridized carbons (Fsp3) is 0.333. The zero-order valence-corrected chi connectivity index (χ0v) is 19.5. The first kappa shape index (κ1) is 24.5. The van der Waals surface area contributed by atoms with Gasteiger partial charge in [0, 0.05) is 29.4 Å². The molecule has 1 N–H and O–H groups in total. The highest BCUT2D eigenvalue weighted by molar-refractivity contribution is 7.99. The monoisotopic (exact) mass is 498 g/mol. The molecule has 0 spiro atoms. The molecule has 1 aliphatic rings. The summed E-state index contributed by atoms with van der Waals surface area (Å²) in [5, 5.41) is 3.20. The number of esters is 1. The third kappa shape index (κ3) is 6.94. The number of rotatable bonds is 9. The number of anilines is 1. The molecule has 0 bridgehead atoms.